The van der Waals surface area contributed by atoms with Gasteiger partial charge in [-0.2, -0.15) is 0 Å². The molecule has 19 nitrogen and oxygen atoms in total. The van der Waals surface area contributed by atoms with Crippen molar-refractivity contribution < 1.29 is 71.5 Å². The number of rotatable bonds is 26. The molecule has 3 heterocycles. The first kappa shape index (κ1) is 60.6. The van der Waals surface area contributed by atoms with Crippen molar-refractivity contribution in [3.8, 4) is 11.1 Å². The molecular formula is C68H68N4O15. The number of nitrogens with zero attached hydrogens (tertiary/aromatic N) is 3. The van der Waals surface area contributed by atoms with Crippen LogP contribution < -0.4 is 5.32 Å². The molecule has 19 heteroatoms. The van der Waals surface area contributed by atoms with E-state index in [4.69, 9.17) is 56.8 Å². The molecule has 0 radical (unpaired) electrons. The van der Waals surface area contributed by atoms with Gasteiger partial charge in [0.05, 0.1) is 46.2 Å². The summed E-state index contributed by atoms with van der Waals surface area (Å²) in [7, 11) is 0. The molecule has 0 aromatic heterocycles. The van der Waals surface area contributed by atoms with Gasteiger partial charge in [-0.15, -0.1) is 0 Å². The Bertz CT molecular complexity index is 3340. The highest BCUT2D eigenvalue weighted by Crippen LogP contribution is 2.46. The van der Waals surface area contributed by atoms with E-state index in [1.165, 1.54) is 6.08 Å². The fourth-order valence-electron chi connectivity index (χ4n) is 11.2. The molecule has 0 bridgehead atoms. The zero-order valence-electron chi connectivity index (χ0n) is 47.6. The lowest BCUT2D eigenvalue weighted by Gasteiger charge is -2.53. The number of esters is 1. The Kier molecular flexibility index (Phi) is 20.6. The highest BCUT2D eigenvalue weighted by Gasteiger charge is 2.62. The average Bonchev–Trinajstić information content (AvgIpc) is 1.44. The summed E-state index contributed by atoms with van der Waals surface area (Å²) < 4.78 is 78.8. The Morgan fingerprint density at radius 2 is 1.17 bits per heavy atom. The summed E-state index contributed by atoms with van der Waals surface area (Å²) in [4.78, 5) is 30.9. The number of hydrogen-bond acceptors (Lipinski definition) is 16. The topological polar surface area (TPSA) is 226 Å². The van der Waals surface area contributed by atoms with Crippen LogP contribution in [0.2, 0.25) is 0 Å². The van der Waals surface area contributed by atoms with Gasteiger partial charge in [-0.1, -0.05) is 218 Å². The van der Waals surface area contributed by atoms with Gasteiger partial charge >= 0.3 is 12.1 Å². The predicted octanol–water partition coefficient (Wildman–Crippen LogP) is 10.6. The van der Waals surface area contributed by atoms with Gasteiger partial charge in [0.2, 0.25) is 5.72 Å². The number of carbonyl (C=O) groups excluding carboxylic acids is 2. The number of azide groups is 1. The van der Waals surface area contributed by atoms with E-state index in [0.717, 1.165) is 44.5 Å². The van der Waals surface area contributed by atoms with Crippen molar-refractivity contribution in [2.75, 3.05) is 33.0 Å². The van der Waals surface area contributed by atoms with Gasteiger partial charge in [-0.3, -0.25) is 0 Å². The third-order valence-corrected chi connectivity index (χ3v) is 15.5. The molecule has 1 unspecified atom stereocenters. The van der Waals surface area contributed by atoms with Crippen molar-refractivity contribution in [3.63, 3.8) is 0 Å². The fraction of sp³-hybridized carbons (Fsp3) is 0.324. The third-order valence-electron chi connectivity index (χ3n) is 15.5. The van der Waals surface area contributed by atoms with Crippen LogP contribution in [0.25, 0.3) is 21.6 Å². The van der Waals surface area contributed by atoms with Gasteiger partial charge in [0, 0.05) is 16.4 Å². The monoisotopic (exact) mass is 1180 g/mol. The van der Waals surface area contributed by atoms with E-state index in [1.54, 1.807) is 0 Å². The van der Waals surface area contributed by atoms with Crippen LogP contribution in [-0.2, 0) is 88.1 Å². The summed E-state index contributed by atoms with van der Waals surface area (Å²) in [6, 6.07) is 61.8. The maximum absolute atomic E-state index is 13.9. The van der Waals surface area contributed by atoms with Crippen LogP contribution in [0, 0.1) is 0 Å². The number of amides is 1. The average molecular weight is 1180 g/mol. The van der Waals surface area contributed by atoms with Crippen molar-refractivity contribution in [3.05, 3.63) is 262 Å². The van der Waals surface area contributed by atoms with Gasteiger partial charge in [0.15, 0.2) is 24.9 Å². The molecular weight excluding hydrogens is 1110 g/mol. The molecule has 87 heavy (non-hydrogen) atoms. The smallest absolute Gasteiger partial charge is 0.407 e. The Balaban J connectivity index is 0.930. The first-order valence-corrected chi connectivity index (χ1v) is 28.9. The summed E-state index contributed by atoms with van der Waals surface area (Å²) in [6.07, 6.45) is -12.2. The number of benzene rings is 7. The normalized spacial score (nSPS) is 25.1. The minimum atomic E-state index is -2.86. The molecule has 3 aliphatic heterocycles. The number of nitrogens with one attached hydrogen (secondary N) is 1. The largest absolute Gasteiger partial charge is 0.460 e. The minimum absolute atomic E-state index is 0.0348. The lowest BCUT2D eigenvalue weighted by Crippen LogP contribution is -2.71. The van der Waals surface area contributed by atoms with Crippen LogP contribution in [0.5, 0.6) is 0 Å². The van der Waals surface area contributed by atoms with Crippen LogP contribution >= 0.6 is 0 Å². The highest BCUT2D eigenvalue weighted by atomic mass is 16.8. The molecule has 4 aliphatic rings. The summed E-state index contributed by atoms with van der Waals surface area (Å²) in [5.41, 5.74) is 15.8. The first-order valence-electron chi connectivity index (χ1n) is 28.9. The van der Waals surface area contributed by atoms with Crippen LogP contribution in [0.4, 0.5) is 4.79 Å². The SMILES string of the molecule is C=CCOC(=O)[C@H](CO[C@H]1O[C@@H]2COC(c3ccccc3)O[C@@H]2[C@H](O[C@@H]2O[C@H](COCc3ccccc3)[C@@H](OCc3ccccc3)[C@H](OCc3ccccc3)[C@H]2OCc2ccccc2)[C@]1(O)N=[N+]=[N-])NC(=O)OCC1c2ccccc2-c2ccccc21. The van der Waals surface area contributed by atoms with E-state index < -0.39 is 92.0 Å². The lowest BCUT2D eigenvalue weighted by atomic mass is 9.92. The summed E-state index contributed by atoms with van der Waals surface area (Å²) in [5, 5.41) is 19.9. The summed E-state index contributed by atoms with van der Waals surface area (Å²) >= 11 is 0. The van der Waals surface area contributed by atoms with Crippen LogP contribution in [0.1, 0.15) is 51.2 Å². The minimum Gasteiger partial charge on any atom is -0.460 e. The van der Waals surface area contributed by atoms with Gasteiger partial charge in [-0.25, -0.2) is 9.59 Å². The van der Waals surface area contributed by atoms with E-state index in [9.17, 15) is 20.2 Å². The van der Waals surface area contributed by atoms with E-state index in [1.807, 2.05) is 200 Å². The Morgan fingerprint density at radius 3 is 1.75 bits per heavy atom. The van der Waals surface area contributed by atoms with Gasteiger partial charge < -0.3 is 67.3 Å². The molecule has 3 saturated heterocycles. The van der Waals surface area contributed by atoms with Crippen LogP contribution in [0.15, 0.2) is 218 Å². The maximum atomic E-state index is 13.9. The highest BCUT2D eigenvalue weighted by molar-refractivity contribution is 5.82. The number of alkyl carbamates (subject to hydrolysis) is 1. The number of carbonyl (C=O) groups is 2. The number of fused-ring (bicyclic) bond motifs is 4. The quantitative estimate of drug-likeness (QED) is 0.0169. The molecule has 450 valence electrons. The van der Waals surface area contributed by atoms with Crippen LogP contribution in [-0.4, -0.2) is 117 Å². The summed E-state index contributed by atoms with van der Waals surface area (Å²) in [5.74, 6) is -1.23. The van der Waals surface area contributed by atoms with Crippen LogP contribution in [0.3, 0.4) is 0 Å². The lowest BCUT2D eigenvalue weighted by molar-refractivity contribution is -0.417. The molecule has 0 saturated carbocycles. The van der Waals surface area contributed by atoms with Crippen molar-refractivity contribution in [1.29, 1.82) is 0 Å². The molecule has 11 rings (SSSR count). The molecule has 7 aromatic carbocycles. The molecule has 1 aliphatic carbocycles. The number of aliphatic hydroxyl groups is 1. The van der Waals surface area contributed by atoms with E-state index in [0.29, 0.717) is 5.56 Å². The van der Waals surface area contributed by atoms with Crippen molar-refractivity contribution >= 4 is 12.1 Å². The van der Waals surface area contributed by atoms with Crippen molar-refractivity contribution in [1.82, 2.24) is 5.32 Å². The first-order chi connectivity index (χ1) is 42.8. The van der Waals surface area contributed by atoms with Gasteiger partial charge in [0.1, 0.15) is 55.9 Å². The van der Waals surface area contributed by atoms with E-state index in [-0.39, 0.29) is 58.8 Å². The van der Waals surface area contributed by atoms with Crippen molar-refractivity contribution in [2.24, 2.45) is 5.11 Å². The summed E-state index contributed by atoms with van der Waals surface area (Å²) in [6.45, 7) is 2.96. The zero-order valence-corrected chi connectivity index (χ0v) is 47.6. The molecule has 3 fully saturated rings. The second kappa shape index (κ2) is 29.5. The second-order valence-electron chi connectivity index (χ2n) is 21.3. The molecule has 1 amide bonds. The Labute approximate surface area is 504 Å². The maximum Gasteiger partial charge on any atom is 0.407 e. The standard InChI is InChI=1S/C68H68N4O15/c1-2-36-77-63(73)55(70-67(74)83-41-54-52-34-20-18-32-50(52)51-33-19-21-35-53(51)54)42-82-66-68(75,71-72-69)62(59-57(85-66)44-81-64(86-59)49-30-16-7-17-31-49)87-65-61(80-40-48-28-14-6-15-29-48)60(79-39-47-26-12-5-13-27-47)58(78-38-46-24-10-4-11-25-46)56(84-65)43-76-37-45-22-8-3-9-23-45/h2-35,54-62,64-66,75H,1,36-44H2,(H,70,74)/t55-,56+,57+,58+,59-,60-,61+,62-,64?,65-,66-,68+/m0/s1. The molecule has 12 atom stereocenters. The Hall–Kier alpha value is -8.11. The molecule has 0 spiro atoms. The number of ether oxygens (including phenoxy) is 12. The molecule has 7 aromatic rings. The zero-order chi connectivity index (χ0) is 59.8. The second-order valence-corrected chi connectivity index (χ2v) is 21.3. The Morgan fingerprint density at radius 1 is 0.644 bits per heavy atom. The van der Waals surface area contributed by atoms with E-state index in [2.05, 4.69) is 21.9 Å². The fourth-order valence-corrected chi connectivity index (χ4v) is 11.2. The molecule has 2 N–H and O–H groups in total. The van der Waals surface area contributed by atoms with Crippen molar-refractivity contribution in [2.45, 2.75) is 106 Å². The number of hydrogen-bond donors (Lipinski definition) is 2. The van der Waals surface area contributed by atoms with Gasteiger partial charge in [-0.05, 0) is 50.0 Å². The van der Waals surface area contributed by atoms with Gasteiger partial charge in [0.25, 0.3) is 0 Å². The van der Waals surface area contributed by atoms with E-state index >= 15 is 0 Å². The third kappa shape index (κ3) is 14.8. The predicted molar refractivity (Wildman–Crippen MR) is 317 cm³/mol.